The van der Waals surface area contributed by atoms with Crippen molar-refractivity contribution in [3.05, 3.63) is 71.3 Å². The summed E-state index contributed by atoms with van der Waals surface area (Å²) in [4.78, 5) is 31.1. The van der Waals surface area contributed by atoms with Crippen LogP contribution in [0.2, 0.25) is 0 Å². The topological polar surface area (TPSA) is 118 Å². The van der Waals surface area contributed by atoms with E-state index in [2.05, 4.69) is 10.2 Å². The molecule has 3 aliphatic rings. The van der Waals surface area contributed by atoms with E-state index in [1.54, 1.807) is 46.2 Å². The van der Waals surface area contributed by atoms with Crippen LogP contribution in [0, 0.1) is 11.8 Å². The van der Waals surface area contributed by atoms with Gasteiger partial charge in [0, 0.05) is 69.3 Å². The fourth-order valence-electron chi connectivity index (χ4n) is 7.72. The van der Waals surface area contributed by atoms with E-state index >= 15 is 4.39 Å². The number of aliphatic carboxylic acids is 1. The number of carboxylic acid groups (broad SMARTS) is 1. The van der Waals surface area contributed by atoms with Gasteiger partial charge in [-0.25, -0.2) is 4.39 Å². The molecule has 3 fully saturated rings. The number of likely N-dealkylation sites (tertiary alicyclic amines) is 1. The van der Waals surface area contributed by atoms with Crippen LogP contribution in [-0.2, 0) is 20.5 Å². The predicted molar refractivity (Wildman–Crippen MR) is 179 cm³/mol. The molecule has 3 aliphatic heterocycles. The molecule has 0 radical (unpaired) electrons. The molecule has 0 spiro atoms. The number of piperidine rings is 1. The van der Waals surface area contributed by atoms with Crippen molar-refractivity contribution in [2.75, 3.05) is 77.0 Å². The lowest BCUT2D eigenvalue weighted by Crippen LogP contribution is -2.50. The Morgan fingerprint density at radius 1 is 0.922 bits per heavy atom. The molecule has 1 N–H and O–H groups in total. The van der Waals surface area contributed by atoms with Gasteiger partial charge in [-0.3, -0.25) is 9.59 Å². The fraction of sp³-hybridized carbons (Fsp3) is 0.500. The summed E-state index contributed by atoms with van der Waals surface area (Å²) < 4.78 is 75.6. The van der Waals surface area contributed by atoms with Gasteiger partial charge in [-0.1, -0.05) is 18.2 Å². The largest absolute Gasteiger partial charge is 0.497 e. The monoisotopic (exact) mass is 715 g/mol. The van der Waals surface area contributed by atoms with Gasteiger partial charge in [0.15, 0.2) is 5.82 Å². The first-order valence-corrected chi connectivity index (χ1v) is 16.8. The van der Waals surface area contributed by atoms with E-state index in [0.29, 0.717) is 28.4 Å². The van der Waals surface area contributed by atoms with Gasteiger partial charge >= 0.3 is 12.1 Å². The molecule has 0 saturated carbocycles. The Kier molecular flexibility index (Phi) is 10.3. The van der Waals surface area contributed by atoms with Gasteiger partial charge in [0.25, 0.3) is 5.91 Å². The molecule has 1 aromatic heterocycles. The number of hydrogen-bond donors (Lipinski definition) is 1. The number of carbonyl (C=O) groups excluding carboxylic acids is 1. The van der Waals surface area contributed by atoms with E-state index in [1.807, 2.05) is 0 Å². The molecule has 51 heavy (non-hydrogen) atoms. The highest BCUT2D eigenvalue weighted by Gasteiger charge is 2.57. The molecule has 11 nitrogen and oxygen atoms in total. The van der Waals surface area contributed by atoms with Gasteiger partial charge < -0.3 is 34.0 Å². The molecule has 4 heterocycles. The number of benzene rings is 2. The van der Waals surface area contributed by atoms with Crippen LogP contribution in [0.1, 0.15) is 41.4 Å². The van der Waals surface area contributed by atoms with Crippen molar-refractivity contribution in [1.82, 2.24) is 15.1 Å². The molecule has 6 rings (SSSR count). The zero-order valence-electron chi connectivity index (χ0n) is 28.6. The van der Waals surface area contributed by atoms with E-state index in [1.165, 1.54) is 32.3 Å². The second-order valence-electron chi connectivity index (χ2n) is 13.4. The van der Waals surface area contributed by atoms with Gasteiger partial charge in [-0.2, -0.15) is 13.2 Å². The molecule has 1 amide bonds. The molecule has 274 valence electrons. The summed E-state index contributed by atoms with van der Waals surface area (Å²) in [5.74, 6) is -2.71. The Hall–Kier alpha value is -4.66. The van der Waals surface area contributed by atoms with Gasteiger partial charge in [-0.05, 0) is 54.3 Å². The Bertz CT molecular complexity index is 1700. The molecular formula is C36H41F4N5O6. The third-order valence-corrected chi connectivity index (χ3v) is 10.5. The molecule has 2 aromatic carbocycles. The number of carbonyl (C=O) groups is 2. The maximum absolute atomic E-state index is 17.7. The molecule has 0 bridgehead atoms. The maximum atomic E-state index is 17.7. The van der Waals surface area contributed by atoms with Crippen LogP contribution in [0.4, 0.5) is 29.1 Å². The molecule has 3 saturated heterocycles. The molecule has 0 unspecified atom stereocenters. The Morgan fingerprint density at radius 2 is 1.65 bits per heavy atom. The number of aromatic nitrogens is 2. The average molecular weight is 716 g/mol. The number of methoxy groups -OCH3 is 3. The summed E-state index contributed by atoms with van der Waals surface area (Å²) >= 11 is 0. The zero-order valence-corrected chi connectivity index (χ0v) is 28.6. The first kappa shape index (κ1) is 36.1. The third-order valence-electron chi connectivity index (χ3n) is 10.5. The van der Waals surface area contributed by atoms with Gasteiger partial charge in [0.2, 0.25) is 11.5 Å². The quantitative estimate of drug-likeness (QED) is 0.287. The standard InChI is InChI=1S/C36H41F4N5O6/c1-49-20-24-17-44(18-28(24)27-9-6-25(36(38,39)40)16-30(27)43-14-12-23(13-15-43)33(46)47)34(48)35(37)21-45(31-10-11-32(51-3)42-41-31)19-29(35)22-4-7-26(50-2)8-5-22/h4-11,16,23-24,28-29H,12-15,17-21H2,1-3H3,(H,46,47)/t24-,28+,29+,35+/m1/s1. The van der Waals surface area contributed by atoms with Crippen molar-refractivity contribution in [2.45, 2.75) is 36.5 Å². The first-order chi connectivity index (χ1) is 24.4. The smallest absolute Gasteiger partial charge is 0.416 e. The second kappa shape index (κ2) is 14.5. The van der Waals surface area contributed by atoms with E-state index in [-0.39, 0.29) is 70.5 Å². The van der Waals surface area contributed by atoms with Crippen molar-refractivity contribution in [3.8, 4) is 11.6 Å². The molecule has 15 heteroatoms. The van der Waals surface area contributed by atoms with Crippen molar-refractivity contribution >= 4 is 23.4 Å². The summed E-state index contributed by atoms with van der Waals surface area (Å²) in [5, 5.41) is 17.7. The minimum absolute atomic E-state index is 0.0557. The number of carboxylic acids is 1. The Balaban J connectivity index is 1.33. The van der Waals surface area contributed by atoms with Gasteiger partial charge in [0.1, 0.15) is 5.75 Å². The van der Waals surface area contributed by atoms with Crippen LogP contribution in [0.15, 0.2) is 54.6 Å². The van der Waals surface area contributed by atoms with Crippen LogP contribution < -0.4 is 19.3 Å². The fourth-order valence-corrected chi connectivity index (χ4v) is 7.72. The minimum atomic E-state index is -4.60. The third kappa shape index (κ3) is 7.26. The van der Waals surface area contributed by atoms with E-state index < -0.39 is 47.0 Å². The van der Waals surface area contributed by atoms with Crippen molar-refractivity contribution in [1.29, 1.82) is 0 Å². The number of alkyl halides is 4. The minimum Gasteiger partial charge on any atom is -0.497 e. The number of amides is 1. The predicted octanol–water partition coefficient (Wildman–Crippen LogP) is 5.01. The number of anilines is 2. The van der Waals surface area contributed by atoms with Gasteiger partial charge in [-0.15, -0.1) is 10.2 Å². The van der Waals surface area contributed by atoms with Crippen molar-refractivity contribution < 1.29 is 46.5 Å². The summed E-state index contributed by atoms with van der Waals surface area (Å²) in [7, 11) is 4.49. The summed E-state index contributed by atoms with van der Waals surface area (Å²) in [6.45, 7) is 0.716. The molecule has 3 aromatic rings. The zero-order chi connectivity index (χ0) is 36.5. The summed E-state index contributed by atoms with van der Waals surface area (Å²) in [5.41, 5.74) is -1.71. The highest BCUT2D eigenvalue weighted by molar-refractivity contribution is 5.89. The normalized spacial score (nSPS) is 24.2. The van der Waals surface area contributed by atoms with Crippen LogP contribution in [-0.4, -0.2) is 105 Å². The van der Waals surface area contributed by atoms with Crippen LogP contribution in [0.3, 0.4) is 0 Å². The maximum Gasteiger partial charge on any atom is 0.416 e. The van der Waals surface area contributed by atoms with E-state index in [0.717, 1.165) is 12.1 Å². The van der Waals surface area contributed by atoms with Crippen molar-refractivity contribution in [2.24, 2.45) is 11.8 Å². The molecule has 4 atom stereocenters. The van der Waals surface area contributed by atoms with Crippen LogP contribution in [0.5, 0.6) is 11.6 Å². The van der Waals surface area contributed by atoms with E-state index in [9.17, 15) is 27.9 Å². The Morgan fingerprint density at radius 3 is 2.24 bits per heavy atom. The highest BCUT2D eigenvalue weighted by Crippen LogP contribution is 2.46. The Labute approximate surface area is 293 Å². The molecule has 0 aliphatic carbocycles. The number of rotatable bonds is 10. The lowest BCUT2D eigenvalue weighted by molar-refractivity contribution is -0.143. The molecular weight excluding hydrogens is 674 g/mol. The number of halogens is 4. The summed E-state index contributed by atoms with van der Waals surface area (Å²) in [6.07, 6.45) is -4.03. The lowest BCUT2D eigenvalue weighted by Gasteiger charge is -2.35. The first-order valence-electron chi connectivity index (χ1n) is 16.8. The lowest BCUT2D eigenvalue weighted by atomic mass is 9.85. The highest BCUT2D eigenvalue weighted by atomic mass is 19.4. The van der Waals surface area contributed by atoms with Crippen LogP contribution in [0.25, 0.3) is 0 Å². The van der Waals surface area contributed by atoms with E-state index in [4.69, 9.17) is 14.2 Å². The number of hydrogen-bond acceptors (Lipinski definition) is 9. The number of nitrogens with zero attached hydrogens (tertiary/aromatic N) is 5. The summed E-state index contributed by atoms with van der Waals surface area (Å²) in [6, 6.07) is 13.7. The second-order valence-corrected chi connectivity index (χ2v) is 13.4. The average Bonchev–Trinajstić information content (AvgIpc) is 3.72. The SMILES string of the molecule is COC[C@H]1CN(C(=O)[C@]2(F)CN(c3ccc(OC)nn3)C[C@H]2c2ccc(OC)cc2)C[C@@H]1c1ccc(C(F)(F)F)cc1N1CCC(C(=O)O)CC1. The van der Waals surface area contributed by atoms with Crippen LogP contribution >= 0.6 is 0 Å². The van der Waals surface area contributed by atoms with Crippen molar-refractivity contribution in [3.63, 3.8) is 0 Å². The number of ether oxygens (including phenoxy) is 3. The van der Waals surface area contributed by atoms with Gasteiger partial charge in [0.05, 0.1) is 38.9 Å².